The average Bonchev–Trinajstić information content (AvgIpc) is 2.42. The van der Waals surface area contributed by atoms with Crippen LogP contribution in [0.15, 0.2) is 0 Å². The molecular weight excluding hydrogens is 239 g/mol. The molecule has 0 aromatic carbocycles. The van der Waals surface area contributed by atoms with Gasteiger partial charge < -0.3 is 0 Å². The van der Waals surface area contributed by atoms with Crippen LogP contribution < -0.4 is 0 Å². The number of rotatable bonds is 13. The fourth-order valence-electron chi connectivity index (χ4n) is 2.95. The third-order valence-electron chi connectivity index (χ3n) is 4.87. The molecule has 0 unspecified atom stereocenters. The zero-order valence-corrected chi connectivity index (χ0v) is 14.1. The predicted molar refractivity (Wildman–Crippen MR) is 88.8 cm³/mol. The van der Waals surface area contributed by atoms with Crippen molar-refractivity contribution in [2.24, 2.45) is 0 Å². The van der Waals surface area contributed by atoms with Crippen LogP contribution in [0, 0.1) is 0 Å². The molecule has 0 saturated heterocycles. The van der Waals surface area contributed by atoms with Gasteiger partial charge in [0.1, 0.15) is 0 Å². The molecule has 2 heteroatoms. The van der Waals surface area contributed by atoms with Gasteiger partial charge in [-0.3, -0.25) is 0 Å². The van der Waals surface area contributed by atoms with Crippen LogP contribution in [0.4, 0.5) is 0 Å². The van der Waals surface area contributed by atoms with Gasteiger partial charge in [0.25, 0.3) is 0 Å². The van der Waals surface area contributed by atoms with Crippen LogP contribution in [0.2, 0.25) is 0 Å². The summed E-state index contributed by atoms with van der Waals surface area (Å²) in [7, 11) is -0.831. The second kappa shape index (κ2) is 12.4. The second-order valence-electron chi connectivity index (χ2n) is 5.86. The van der Waals surface area contributed by atoms with Crippen LogP contribution in [0.1, 0.15) is 72.1 Å². The molecule has 0 aromatic rings. The number of hydrogen-bond donors (Lipinski definition) is 1. The summed E-state index contributed by atoms with van der Waals surface area (Å²) in [6.45, 7) is 7.62. The standard InChI is InChI=1S/C16H37OP/c1-4-18(5-2,6-3)16-14-12-10-8-7-9-11-13-15-17/h17-18H,4-16H2,1-3H3. The van der Waals surface area contributed by atoms with Gasteiger partial charge >= 0.3 is 116 Å². The molecule has 0 rings (SSSR count). The predicted octanol–water partition coefficient (Wildman–Crippen LogP) is 4.91. The Bertz CT molecular complexity index is 158. The van der Waals surface area contributed by atoms with E-state index < -0.39 is 7.26 Å². The van der Waals surface area contributed by atoms with Gasteiger partial charge in [0.05, 0.1) is 0 Å². The van der Waals surface area contributed by atoms with Gasteiger partial charge in [0.2, 0.25) is 0 Å². The summed E-state index contributed by atoms with van der Waals surface area (Å²) < 4.78 is 0. The summed E-state index contributed by atoms with van der Waals surface area (Å²) in [4.78, 5) is 0. The van der Waals surface area contributed by atoms with E-state index in [-0.39, 0.29) is 0 Å². The van der Waals surface area contributed by atoms with E-state index in [1.165, 1.54) is 63.4 Å². The fourth-order valence-corrected chi connectivity index (χ4v) is 6.51. The summed E-state index contributed by atoms with van der Waals surface area (Å²) >= 11 is 0. The van der Waals surface area contributed by atoms with Crippen molar-refractivity contribution in [1.29, 1.82) is 0 Å². The SMILES string of the molecule is CC[PH](CC)(CC)CCCCCCCCCCO. The maximum absolute atomic E-state index is 8.69. The molecule has 0 saturated carbocycles. The van der Waals surface area contributed by atoms with Crippen molar-refractivity contribution in [3.8, 4) is 0 Å². The van der Waals surface area contributed by atoms with Gasteiger partial charge in [-0.2, -0.15) is 0 Å². The molecule has 0 radical (unpaired) electrons. The van der Waals surface area contributed by atoms with Crippen molar-refractivity contribution in [2.75, 3.05) is 31.3 Å². The average molecular weight is 276 g/mol. The molecule has 1 nitrogen and oxygen atoms in total. The third kappa shape index (κ3) is 8.48. The Kier molecular flexibility index (Phi) is 12.7. The van der Waals surface area contributed by atoms with Gasteiger partial charge in [-0.25, -0.2) is 0 Å². The Hall–Kier alpha value is 0.390. The molecule has 0 spiro atoms. The molecule has 0 amide bonds. The van der Waals surface area contributed by atoms with Gasteiger partial charge in [0.15, 0.2) is 0 Å². The van der Waals surface area contributed by atoms with Gasteiger partial charge in [-0.1, -0.05) is 0 Å². The molecule has 0 atom stereocenters. The van der Waals surface area contributed by atoms with Crippen molar-refractivity contribution in [3.63, 3.8) is 0 Å². The Morgan fingerprint density at radius 1 is 0.611 bits per heavy atom. The second-order valence-corrected chi connectivity index (χ2v) is 11.5. The molecule has 0 aliphatic rings. The zero-order valence-electron chi connectivity index (χ0n) is 13.1. The first-order chi connectivity index (χ1) is 8.74. The zero-order chi connectivity index (χ0) is 13.7. The number of unbranched alkanes of at least 4 members (excludes halogenated alkanes) is 7. The van der Waals surface area contributed by atoms with Crippen molar-refractivity contribution < 1.29 is 5.11 Å². The van der Waals surface area contributed by atoms with E-state index in [0.717, 1.165) is 6.42 Å². The summed E-state index contributed by atoms with van der Waals surface area (Å²) in [5.74, 6) is 0. The molecule has 0 fully saturated rings. The van der Waals surface area contributed by atoms with Crippen molar-refractivity contribution in [1.82, 2.24) is 0 Å². The van der Waals surface area contributed by atoms with E-state index in [1.54, 1.807) is 6.16 Å². The van der Waals surface area contributed by atoms with E-state index in [2.05, 4.69) is 20.8 Å². The molecule has 0 heterocycles. The molecule has 18 heavy (non-hydrogen) atoms. The Labute approximate surface area is 116 Å². The van der Waals surface area contributed by atoms with E-state index in [9.17, 15) is 0 Å². The van der Waals surface area contributed by atoms with Crippen LogP contribution in [-0.4, -0.2) is 36.4 Å². The number of hydrogen-bond acceptors (Lipinski definition) is 1. The Morgan fingerprint density at radius 3 is 1.39 bits per heavy atom. The van der Waals surface area contributed by atoms with Crippen molar-refractivity contribution in [2.45, 2.75) is 72.1 Å². The first-order valence-corrected chi connectivity index (χ1v) is 11.2. The Balaban J connectivity index is 3.38. The van der Waals surface area contributed by atoms with Crippen LogP contribution in [-0.2, 0) is 0 Å². The van der Waals surface area contributed by atoms with Gasteiger partial charge in [-0.15, -0.1) is 0 Å². The fraction of sp³-hybridized carbons (Fsp3) is 1.00. The molecule has 1 N–H and O–H groups in total. The summed E-state index contributed by atoms with van der Waals surface area (Å²) in [6.07, 6.45) is 16.7. The van der Waals surface area contributed by atoms with E-state index in [4.69, 9.17) is 5.11 Å². The topological polar surface area (TPSA) is 20.2 Å². The maximum atomic E-state index is 8.69. The van der Waals surface area contributed by atoms with E-state index in [0.29, 0.717) is 6.61 Å². The quantitative estimate of drug-likeness (QED) is 0.374. The molecular formula is C16H37OP. The third-order valence-corrected chi connectivity index (χ3v) is 10.8. The Morgan fingerprint density at radius 2 is 1.00 bits per heavy atom. The van der Waals surface area contributed by atoms with Crippen LogP contribution in [0.3, 0.4) is 0 Å². The van der Waals surface area contributed by atoms with Crippen molar-refractivity contribution >= 4 is 7.26 Å². The normalized spacial score (nSPS) is 12.9. The van der Waals surface area contributed by atoms with Gasteiger partial charge in [-0.05, 0) is 0 Å². The monoisotopic (exact) mass is 276 g/mol. The van der Waals surface area contributed by atoms with Gasteiger partial charge in [0, 0.05) is 0 Å². The summed E-state index contributed by atoms with van der Waals surface area (Å²) in [5, 5.41) is 8.69. The molecule has 0 aromatic heterocycles. The first-order valence-electron chi connectivity index (χ1n) is 8.35. The minimum absolute atomic E-state index is 0.373. The molecule has 0 bridgehead atoms. The molecule has 0 aliphatic carbocycles. The molecule has 112 valence electrons. The number of aliphatic hydroxyl groups is 1. The van der Waals surface area contributed by atoms with Crippen LogP contribution >= 0.6 is 7.26 Å². The van der Waals surface area contributed by atoms with E-state index >= 15 is 0 Å². The van der Waals surface area contributed by atoms with Crippen LogP contribution in [0.25, 0.3) is 0 Å². The summed E-state index contributed by atoms with van der Waals surface area (Å²) in [5.41, 5.74) is 0. The van der Waals surface area contributed by atoms with Crippen molar-refractivity contribution in [3.05, 3.63) is 0 Å². The van der Waals surface area contributed by atoms with Crippen LogP contribution in [0.5, 0.6) is 0 Å². The number of aliphatic hydroxyl groups excluding tert-OH is 1. The van der Waals surface area contributed by atoms with E-state index in [1.807, 2.05) is 0 Å². The summed E-state index contributed by atoms with van der Waals surface area (Å²) in [6, 6.07) is 0. The minimum atomic E-state index is -0.831. The molecule has 0 aliphatic heterocycles. The first kappa shape index (κ1) is 18.4.